The van der Waals surface area contributed by atoms with Gasteiger partial charge in [-0.15, -0.1) is 0 Å². The van der Waals surface area contributed by atoms with Crippen LogP contribution >= 0.6 is 0 Å². The molecule has 30 heteroatoms. The Balaban J connectivity index is 1.52. The Morgan fingerprint density at radius 2 is 1.40 bits per heavy atom. The Morgan fingerprint density at radius 3 is 2.00 bits per heavy atom. The Morgan fingerprint density at radius 1 is 0.766 bits per heavy atom. The van der Waals surface area contributed by atoms with Crippen molar-refractivity contribution in [1.29, 1.82) is 0 Å². The maximum Gasteiger partial charge on any atom is 0.326 e. The molecule has 0 aromatic heterocycles. The van der Waals surface area contributed by atoms with Crippen molar-refractivity contribution in [3.05, 3.63) is 35.9 Å². The number of aliphatic carboxylic acids is 2. The highest BCUT2D eigenvalue weighted by atomic mass is 16.7. The van der Waals surface area contributed by atoms with Crippen molar-refractivity contribution in [3.63, 3.8) is 0 Å². The average molecular weight is 1090 g/mol. The number of likely N-dealkylation sites (tertiary alicyclic amines) is 2. The molecule has 3 saturated heterocycles. The number of hydrogen-bond acceptors (Lipinski definition) is 19. The lowest BCUT2D eigenvalue weighted by atomic mass is 9.98. The zero-order valence-corrected chi connectivity index (χ0v) is 42.8. The van der Waals surface area contributed by atoms with Gasteiger partial charge in [-0.1, -0.05) is 30.3 Å². The lowest BCUT2D eigenvalue weighted by Gasteiger charge is -2.44. The van der Waals surface area contributed by atoms with Gasteiger partial charge in [0.25, 0.3) is 0 Å². The molecule has 77 heavy (non-hydrogen) atoms. The molecule has 3 aliphatic rings. The highest BCUT2D eigenvalue weighted by molar-refractivity contribution is 5.97. The number of amides is 7. The van der Waals surface area contributed by atoms with Crippen molar-refractivity contribution >= 4 is 77.2 Å². The van der Waals surface area contributed by atoms with E-state index in [1.807, 2.05) is 0 Å². The molecular weight excluding hydrogens is 1020 g/mol. The monoisotopic (exact) mass is 1090 g/mol. The van der Waals surface area contributed by atoms with Gasteiger partial charge in [-0.2, -0.15) is 0 Å². The molecule has 12 atom stereocenters. The third-order valence-electron chi connectivity index (χ3n) is 12.3. The van der Waals surface area contributed by atoms with Crippen LogP contribution in [-0.4, -0.2) is 196 Å². The van der Waals surface area contributed by atoms with Crippen LogP contribution in [-0.2, 0) is 87.6 Å². The first-order valence-corrected chi connectivity index (χ1v) is 24.4. The van der Waals surface area contributed by atoms with E-state index in [1.165, 1.54) is 11.8 Å². The fourth-order valence-corrected chi connectivity index (χ4v) is 8.95. The molecule has 3 heterocycles. The van der Waals surface area contributed by atoms with Crippen molar-refractivity contribution in [2.75, 3.05) is 26.2 Å². The van der Waals surface area contributed by atoms with E-state index in [-0.39, 0.29) is 44.7 Å². The van der Waals surface area contributed by atoms with E-state index >= 15 is 0 Å². The number of hydrogen-bond donors (Lipinski definition) is 10. The number of nitrogens with zero attached hydrogens (tertiary/aromatic N) is 3. The van der Waals surface area contributed by atoms with E-state index in [2.05, 4.69) is 26.3 Å². The number of carboxylic acid groups (broad SMARTS) is 2. The first-order valence-electron chi connectivity index (χ1n) is 24.4. The van der Waals surface area contributed by atoms with Gasteiger partial charge in [0.2, 0.25) is 41.4 Å². The van der Waals surface area contributed by atoms with E-state index < -0.39 is 177 Å². The maximum atomic E-state index is 14.6. The minimum Gasteiger partial charge on any atom is -0.481 e. The highest BCUT2D eigenvalue weighted by Crippen LogP contribution is 2.33. The number of primary amides is 1. The second-order valence-electron chi connectivity index (χ2n) is 18.4. The van der Waals surface area contributed by atoms with Gasteiger partial charge >= 0.3 is 29.8 Å². The van der Waals surface area contributed by atoms with E-state index in [0.717, 1.165) is 25.7 Å². The number of benzene rings is 1. The number of nitrogens with two attached hydrogens (primary N) is 4. The topological polar surface area (TPSA) is 462 Å². The molecule has 4 rings (SSSR count). The minimum absolute atomic E-state index is 0.0219. The smallest absolute Gasteiger partial charge is 0.326 e. The quantitative estimate of drug-likeness (QED) is 0.0137. The molecule has 0 aliphatic carbocycles. The number of carbonyl (C=O) groups excluding carboxylic acids is 10. The van der Waals surface area contributed by atoms with E-state index in [9.17, 15) is 67.7 Å². The van der Waals surface area contributed by atoms with Crippen LogP contribution in [0.4, 0.5) is 0 Å². The van der Waals surface area contributed by atoms with Gasteiger partial charge in [0.05, 0.1) is 37.6 Å². The number of nitrogens with one attached hydrogen (secondary N) is 4. The Bertz CT molecular complexity index is 2390. The van der Waals surface area contributed by atoms with Crippen LogP contribution in [0.25, 0.3) is 0 Å². The third-order valence-corrected chi connectivity index (χ3v) is 12.3. The number of ether oxygens (including phenoxy) is 5. The van der Waals surface area contributed by atoms with Crippen molar-refractivity contribution in [3.8, 4) is 0 Å². The maximum absolute atomic E-state index is 14.6. The van der Waals surface area contributed by atoms with E-state index in [1.54, 1.807) is 30.3 Å². The molecule has 0 saturated carbocycles. The van der Waals surface area contributed by atoms with Crippen molar-refractivity contribution in [2.45, 2.75) is 152 Å². The fourth-order valence-electron chi connectivity index (χ4n) is 8.95. The van der Waals surface area contributed by atoms with Gasteiger partial charge < -0.3 is 87.9 Å². The summed E-state index contributed by atoms with van der Waals surface area (Å²) >= 11 is 0. The molecule has 0 unspecified atom stereocenters. The lowest BCUT2D eigenvalue weighted by Crippen LogP contribution is -2.61. The van der Waals surface area contributed by atoms with Gasteiger partial charge in [-0.25, -0.2) is 4.79 Å². The summed E-state index contributed by atoms with van der Waals surface area (Å²) in [7, 11) is 0. The fraction of sp³-hybridized carbons (Fsp3) is 0.596. The Kier molecular flexibility index (Phi) is 23.0. The van der Waals surface area contributed by atoms with Crippen molar-refractivity contribution in [1.82, 2.24) is 31.1 Å². The molecule has 1 aromatic rings. The largest absolute Gasteiger partial charge is 0.481 e. The summed E-state index contributed by atoms with van der Waals surface area (Å²) in [6, 6.07) is -0.812. The molecule has 0 bridgehead atoms. The van der Waals surface area contributed by atoms with Gasteiger partial charge in [0, 0.05) is 53.2 Å². The van der Waals surface area contributed by atoms with Crippen molar-refractivity contribution < 1.29 is 91.4 Å². The second kappa shape index (κ2) is 28.8. The minimum atomic E-state index is -1.90. The number of guanidine groups is 1. The molecule has 0 radical (unpaired) electrons. The summed E-state index contributed by atoms with van der Waals surface area (Å²) in [4.78, 5) is 161. The van der Waals surface area contributed by atoms with E-state index in [0.29, 0.717) is 12.0 Å². The van der Waals surface area contributed by atoms with Crippen LogP contribution in [0.3, 0.4) is 0 Å². The second-order valence-corrected chi connectivity index (χ2v) is 18.4. The predicted octanol–water partition coefficient (Wildman–Crippen LogP) is -4.87. The lowest BCUT2D eigenvalue weighted by molar-refractivity contribution is -0.309. The number of carboxylic acids is 2. The normalized spacial score (nSPS) is 23.3. The van der Waals surface area contributed by atoms with Crippen LogP contribution in [0.2, 0.25) is 0 Å². The Hall–Kier alpha value is -7.99. The molecule has 3 fully saturated rings. The average Bonchev–Trinajstić information content (AvgIpc) is 4.01. The number of rotatable bonds is 26. The zero-order valence-electron chi connectivity index (χ0n) is 42.8. The molecule has 0 spiro atoms. The van der Waals surface area contributed by atoms with Gasteiger partial charge in [0.15, 0.2) is 30.6 Å². The van der Waals surface area contributed by atoms with Gasteiger partial charge in [-0.05, 0) is 38.2 Å². The predicted molar refractivity (Wildman–Crippen MR) is 261 cm³/mol. The van der Waals surface area contributed by atoms with Gasteiger partial charge in [0.1, 0.15) is 30.2 Å². The summed E-state index contributed by atoms with van der Waals surface area (Å²) in [5.41, 5.74) is 22.3. The first-order chi connectivity index (χ1) is 36.2. The molecule has 3 aliphatic heterocycles. The molecule has 1 aromatic carbocycles. The van der Waals surface area contributed by atoms with Crippen LogP contribution in [0, 0.1) is 0 Å². The summed E-state index contributed by atoms with van der Waals surface area (Å²) in [6.07, 6.45) is -9.73. The van der Waals surface area contributed by atoms with Crippen LogP contribution in [0.15, 0.2) is 35.3 Å². The highest BCUT2D eigenvalue weighted by Gasteiger charge is 2.53. The van der Waals surface area contributed by atoms with Crippen LogP contribution in [0.1, 0.15) is 78.2 Å². The number of aliphatic imine (C=N–C) groups is 1. The van der Waals surface area contributed by atoms with Gasteiger partial charge in [-0.3, -0.25) is 57.7 Å². The zero-order chi connectivity index (χ0) is 57.3. The third kappa shape index (κ3) is 18.7. The standard InChI is InChI=1S/C47H67N11O19/c1-22-37(74-23(2)59)38(75-24(3)60)39(76-25(4)61)46(73-22)77-27-17-33(45(71)72)58(21-27)44(70)31(16-26-10-6-5-7-11-26)56-41(67)30(19-36(64)65)54-35(63)20-53-40(66)29(12-8-14-52-47(50)51)55-42(68)32-13-9-15-57(32)43(69)28(48)18-34(49)62/h5-7,10-11,22,27-33,37-39,46H,8-9,12-21,48H2,1-4H3,(H2,49,62)(H,53,66)(H,54,63)(H,55,68)(H,56,67)(H,64,65)(H,71,72)(H4,50,51,52)/t22-,27+,28-,29-,30-,31-,32-,33-,37-,38+,39+,46-/m0/s1. The molecule has 14 N–H and O–H groups in total. The SMILES string of the molecule is CC(=O)O[C@@H]1[C@@H](OC(C)=O)[C@H](C)O[C@@H](O[C@@H]2C[C@@H](C(=O)O)N(C(=O)[C@H](Cc3ccccc3)NC(=O)[C@H](CC(=O)O)NC(=O)CNC(=O)[C@H](CCCN=C(N)N)NC(=O)[C@@H]3CCCN3C(=O)[C@@H](N)CC(N)=O)C2)[C@@H]1OC(C)=O. The molecular formula is C47H67N11O19. The first kappa shape index (κ1) is 61.6. The van der Waals surface area contributed by atoms with Crippen LogP contribution < -0.4 is 44.2 Å². The summed E-state index contributed by atoms with van der Waals surface area (Å²) < 4.78 is 28.3. The summed E-state index contributed by atoms with van der Waals surface area (Å²) in [5, 5.41) is 29.8. The molecule has 30 nitrogen and oxygen atoms in total. The molecule has 424 valence electrons. The Labute approximate surface area is 440 Å². The summed E-state index contributed by atoms with van der Waals surface area (Å²) in [5.74, 6) is -12.4. The van der Waals surface area contributed by atoms with Crippen molar-refractivity contribution in [2.24, 2.45) is 27.9 Å². The number of esters is 3. The number of carbonyl (C=O) groups is 12. The molecule has 7 amide bonds. The summed E-state index contributed by atoms with van der Waals surface area (Å²) in [6.45, 7) is 3.42. The van der Waals surface area contributed by atoms with E-state index in [4.69, 9.17) is 46.6 Å². The van der Waals surface area contributed by atoms with Crippen LogP contribution in [0.5, 0.6) is 0 Å².